The lowest BCUT2D eigenvalue weighted by Gasteiger charge is -2.24. The van der Waals surface area contributed by atoms with E-state index in [1.165, 1.54) is 0 Å². The van der Waals surface area contributed by atoms with Gasteiger partial charge in [-0.3, -0.25) is 9.59 Å². The number of carbonyl (C=O) groups excluding carboxylic acids is 2. The third-order valence-electron chi connectivity index (χ3n) is 3.32. The average molecular weight is 436 g/mol. The van der Waals surface area contributed by atoms with Crippen LogP contribution < -0.4 is 0 Å². The van der Waals surface area contributed by atoms with Crippen LogP contribution in [0.15, 0.2) is 22.7 Å². The largest absolute Gasteiger partial charge is 0.335 e. The minimum Gasteiger partial charge on any atom is -0.335 e. The molecular weight excluding hydrogens is 421 g/mol. The lowest BCUT2D eigenvalue weighted by Crippen LogP contribution is -2.37. The minimum atomic E-state index is 0.0365. The van der Waals surface area contributed by atoms with Crippen molar-refractivity contribution < 1.29 is 9.59 Å². The SMILES string of the molecule is CC(=O)CC1CCCN1C(=O)c1cc(Br)ccc1I. The Balaban J connectivity index is 2.23. The number of likely N-dealkylation sites (tertiary alicyclic amines) is 1. The average Bonchev–Trinajstić information content (AvgIpc) is 2.78. The fraction of sp³-hybridized carbons (Fsp3) is 0.429. The van der Waals surface area contributed by atoms with E-state index in [2.05, 4.69) is 38.5 Å². The summed E-state index contributed by atoms with van der Waals surface area (Å²) in [6.45, 7) is 2.34. The monoisotopic (exact) mass is 435 g/mol. The summed E-state index contributed by atoms with van der Waals surface area (Å²) in [5.74, 6) is 0.183. The molecule has 0 saturated carbocycles. The zero-order valence-corrected chi connectivity index (χ0v) is 14.4. The van der Waals surface area contributed by atoms with Crippen LogP contribution in [0.5, 0.6) is 0 Å². The first-order valence-electron chi connectivity index (χ1n) is 6.24. The van der Waals surface area contributed by atoms with Crippen molar-refractivity contribution in [3.63, 3.8) is 0 Å². The summed E-state index contributed by atoms with van der Waals surface area (Å²) >= 11 is 5.58. The smallest absolute Gasteiger partial charge is 0.255 e. The van der Waals surface area contributed by atoms with Gasteiger partial charge in [-0.25, -0.2) is 0 Å². The molecule has 1 aromatic carbocycles. The third-order valence-corrected chi connectivity index (χ3v) is 4.75. The maximum Gasteiger partial charge on any atom is 0.255 e. The highest BCUT2D eigenvalue weighted by Gasteiger charge is 2.30. The standard InChI is InChI=1S/C14H15BrINO2/c1-9(18)7-11-3-2-6-17(11)14(19)12-8-10(15)4-5-13(12)16/h4-5,8,11H,2-3,6-7H2,1H3. The third kappa shape index (κ3) is 3.56. The predicted octanol–water partition coefficient (Wildman–Crippen LogP) is 3.64. The zero-order valence-electron chi connectivity index (χ0n) is 10.7. The maximum atomic E-state index is 12.6. The van der Waals surface area contributed by atoms with Crippen molar-refractivity contribution in [2.75, 3.05) is 6.54 Å². The molecular formula is C14H15BrINO2. The summed E-state index contributed by atoms with van der Waals surface area (Å²) in [6, 6.07) is 5.77. The Morgan fingerprint density at radius 1 is 1.47 bits per heavy atom. The molecule has 2 rings (SSSR count). The quantitative estimate of drug-likeness (QED) is 0.679. The van der Waals surface area contributed by atoms with Gasteiger partial charge >= 0.3 is 0 Å². The van der Waals surface area contributed by atoms with Crippen LogP contribution in [0.2, 0.25) is 0 Å². The summed E-state index contributed by atoms with van der Waals surface area (Å²) in [4.78, 5) is 25.7. The van der Waals surface area contributed by atoms with E-state index in [1.807, 2.05) is 23.1 Å². The van der Waals surface area contributed by atoms with E-state index < -0.39 is 0 Å². The number of hydrogen-bond donors (Lipinski definition) is 0. The van der Waals surface area contributed by atoms with Crippen molar-refractivity contribution in [1.82, 2.24) is 4.90 Å². The molecule has 1 heterocycles. The molecule has 1 fully saturated rings. The highest BCUT2D eigenvalue weighted by molar-refractivity contribution is 14.1. The van der Waals surface area contributed by atoms with Crippen molar-refractivity contribution in [3.05, 3.63) is 31.8 Å². The Morgan fingerprint density at radius 3 is 2.89 bits per heavy atom. The second-order valence-corrected chi connectivity index (χ2v) is 6.90. The van der Waals surface area contributed by atoms with Crippen molar-refractivity contribution >= 4 is 50.2 Å². The zero-order chi connectivity index (χ0) is 14.0. The first-order valence-corrected chi connectivity index (χ1v) is 8.11. The van der Waals surface area contributed by atoms with E-state index >= 15 is 0 Å². The Morgan fingerprint density at radius 2 is 2.21 bits per heavy atom. The second kappa shape index (κ2) is 6.35. The lowest BCUT2D eigenvalue weighted by molar-refractivity contribution is -0.117. The second-order valence-electron chi connectivity index (χ2n) is 4.82. The fourth-order valence-corrected chi connectivity index (χ4v) is 3.39. The molecule has 0 radical (unpaired) electrons. The van der Waals surface area contributed by atoms with Crippen LogP contribution >= 0.6 is 38.5 Å². The highest BCUT2D eigenvalue weighted by Crippen LogP contribution is 2.26. The summed E-state index contributed by atoms with van der Waals surface area (Å²) in [6.07, 6.45) is 2.38. The van der Waals surface area contributed by atoms with E-state index in [-0.39, 0.29) is 17.7 Å². The van der Waals surface area contributed by atoms with E-state index in [0.29, 0.717) is 12.0 Å². The predicted molar refractivity (Wildman–Crippen MR) is 86.2 cm³/mol. The number of hydrogen-bond acceptors (Lipinski definition) is 2. The van der Waals surface area contributed by atoms with Crippen LogP contribution in [0.3, 0.4) is 0 Å². The molecule has 0 bridgehead atoms. The van der Waals surface area contributed by atoms with E-state index in [1.54, 1.807) is 6.92 Å². The molecule has 1 aromatic rings. The van der Waals surface area contributed by atoms with Gasteiger partial charge in [0.1, 0.15) is 5.78 Å². The van der Waals surface area contributed by atoms with Crippen molar-refractivity contribution in [2.45, 2.75) is 32.2 Å². The lowest BCUT2D eigenvalue weighted by atomic mass is 10.1. The molecule has 3 nitrogen and oxygen atoms in total. The van der Waals surface area contributed by atoms with Gasteiger partial charge in [0.2, 0.25) is 0 Å². The number of carbonyl (C=O) groups is 2. The van der Waals surface area contributed by atoms with Gasteiger partial charge in [-0.2, -0.15) is 0 Å². The maximum absolute atomic E-state index is 12.6. The van der Waals surface area contributed by atoms with Crippen LogP contribution in [0, 0.1) is 3.57 Å². The summed E-state index contributed by atoms with van der Waals surface area (Å²) in [7, 11) is 0. The number of amides is 1. The molecule has 1 atom stereocenters. The van der Waals surface area contributed by atoms with Crippen molar-refractivity contribution in [1.29, 1.82) is 0 Å². The Hall–Kier alpha value is -0.430. The van der Waals surface area contributed by atoms with Gasteiger partial charge < -0.3 is 4.90 Å². The van der Waals surface area contributed by atoms with E-state index in [0.717, 1.165) is 27.4 Å². The molecule has 0 aliphatic carbocycles. The molecule has 1 unspecified atom stereocenters. The van der Waals surface area contributed by atoms with Gasteiger partial charge in [0.25, 0.3) is 5.91 Å². The number of ketones is 1. The molecule has 1 saturated heterocycles. The Labute approximate surface area is 135 Å². The van der Waals surface area contributed by atoms with Crippen LogP contribution in [0.1, 0.15) is 36.5 Å². The first-order chi connectivity index (χ1) is 8.99. The minimum absolute atomic E-state index is 0.0365. The summed E-state index contributed by atoms with van der Waals surface area (Å²) in [5, 5.41) is 0. The molecule has 1 aliphatic rings. The topological polar surface area (TPSA) is 37.4 Å². The fourth-order valence-electron chi connectivity index (χ4n) is 2.46. The number of halogens is 2. The Kier molecular flexibility index (Phi) is 5.00. The van der Waals surface area contributed by atoms with Crippen LogP contribution in [-0.2, 0) is 4.79 Å². The molecule has 1 aliphatic heterocycles. The molecule has 19 heavy (non-hydrogen) atoms. The van der Waals surface area contributed by atoms with Crippen LogP contribution in [-0.4, -0.2) is 29.2 Å². The summed E-state index contributed by atoms with van der Waals surface area (Å²) < 4.78 is 1.85. The van der Waals surface area contributed by atoms with Gasteiger partial charge in [-0.05, 0) is 60.6 Å². The summed E-state index contributed by atoms with van der Waals surface area (Å²) in [5.41, 5.74) is 0.713. The Bertz CT molecular complexity index is 518. The van der Waals surface area contributed by atoms with Gasteiger partial charge in [0.15, 0.2) is 0 Å². The molecule has 0 N–H and O–H groups in total. The molecule has 5 heteroatoms. The van der Waals surface area contributed by atoms with E-state index in [9.17, 15) is 9.59 Å². The number of rotatable bonds is 3. The number of nitrogens with zero attached hydrogens (tertiary/aromatic N) is 1. The normalized spacial score (nSPS) is 18.7. The van der Waals surface area contributed by atoms with Crippen molar-refractivity contribution in [2.24, 2.45) is 0 Å². The van der Waals surface area contributed by atoms with Gasteiger partial charge in [0.05, 0.1) is 5.56 Å². The molecule has 0 aromatic heterocycles. The molecule has 102 valence electrons. The van der Waals surface area contributed by atoms with Gasteiger partial charge in [0, 0.05) is 27.1 Å². The molecule has 0 spiro atoms. The van der Waals surface area contributed by atoms with Gasteiger partial charge in [-0.1, -0.05) is 15.9 Å². The van der Waals surface area contributed by atoms with Crippen LogP contribution in [0.4, 0.5) is 0 Å². The number of Topliss-reactive ketones (excluding diaryl/α,β-unsaturated/α-hetero) is 1. The molecule has 1 amide bonds. The van der Waals surface area contributed by atoms with Crippen LogP contribution in [0.25, 0.3) is 0 Å². The van der Waals surface area contributed by atoms with E-state index in [4.69, 9.17) is 0 Å². The highest BCUT2D eigenvalue weighted by atomic mass is 127. The first kappa shape index (κ1) is 15.0. The van der Waals surface area contributed by atoms with Crippen molar-refractivity contribution in [3.8, 4) is 0 Å². The number of benzene rings is 1. The van der Waals surface area contributed by atoms with Gasteiger partial charge in [-0.15, -0.1) is 0 Å².